The van der Waals surface area contributed by atoms with Gasteiger partial charge in [0.25, 0.3) is 0 Å². The lowest BCUT2D eigenvalue weighted by Crippen LogP contribution is -2.31. The van der Waals surface area contributed by atoms with Crippen molar-refractivity contribution in [3.8, 4) is 0 Å². The second-order valence-electron chi connectivity index (χ2n) is 6.76. The van der Waals surface area contributed by atoms with Gasteiger partial charge in [0.15, 0.2) is 0 Å². The van der Waals surface area contributed by atoms with Gasteiger partial charge in [0.05, 0.1) is 12.6 Å². The molecule has 7 heteroatoms. The molecule has 1 aliphatic heterocycles. The van der Waals surface area contributed by atoms with Crippen LogP contribution in [0, 0.1) is 13.8 Å². The van der Waals surface area contributed by atoms with Crippen molar-refractivity contribution in [2.24, 2.45) is 0 Å². The number of amides is 4. The Morgan fingerprint density at radius 2 is 1.78 bits per heavy atom. The molecule has 1 aromatic carbocycles. The van der Waals surface area contributed by atoms with Gasteiger partial charge in [-0.05, 0) is 44.5 Å². The molecule has 0 spiro atoms. The van der Waals surface area contributed by atoms with Crippen LogP contribution in [-0.4, -0.2) is 22.7 Å². The highest BCUT2D eigenvalue weighted by Crippen LogP contribution is 2.21. The number of nitrogens with one attached hydrogen (secondary N) is 2. The van der Waals surface area contributed by atoms with Crippen LogP contribution in [0.25, 0.3) is 0 Å². The maximum atomic E-state index is 12.2. The van der Waals surface area contributed by atoms with Crippen LogP contribution in [0.15, 0.2) is 34.7 Å². The Hall–Kier alpha value is -3.09. The first-order chi connectivity index (χ1) is 12.8. The fourth-order valence-corrected chi connectivity index (χ4v) is 3.20. The summed E-state index contributed by atoms with van der Waals surface area (Å²) in [4.78, 5) is 36.8. The monoisotopic (exact) mass is 369 g/mol. The molecule has 1 saturated heterocycles. The second kappa shape index (κ2) is 7.65. The van der Waals surface area contributed by atoms with Crippen molar-refractivity contribution < 1.29 is 18.8 Å². The molecule has 4 amide bonds. The van der Waals surface area contributed by atoms with Crippen LogP contribution in [0.4, 0.5) is 10.5 Å². The largest absolute Gasteiger partial charge is 0.466 e. The molecule has 1 fully saturated rings. The van der Waals surface area contributed by atoms with Gasteiger partial charge in [-0.15, -0.1) is 0 Å². The number of nitrogens with zero attached hydrogens (tertiary/aromatic N) is 1. The molecule has 7 nitrogen and oxygen atoms in total. The average Bonchev–Trinajstić information content (AvgIpc) is 3.12. The first kappa shape index (κ1) is 18.7. The van der Waals surface area contributed by atoms with Crippen molar-refractivity contribution in [3.05, 3.63) is 53.0 Å². The molecular formula is C20H23N3O4. The number of hydrogen-bond acceptors (Lipinski definition) is 4. The van der Waals surface area contributed by atoms with Crippen molar-refractivity contribution in [3.63, 3.8) is 0 Å². The van der Waals surface area contributed by atoms with Gasteiger partial charge in [-0.3, -0.25) is 14.5 Å². The van der Waals surface area contributed by atoms with Crippen LogP contribution < -0.4 is 10.6 Å². The summed E-state index contributed by atoms with van der Waals surface area (Å²) >= 11 is 0. The lowest BCUT2D eigenvalue weighted by molar-refractivity contribution is -0.139. The third kappa shape index (κ3) is 4.36. The zero-order valence-corrected chi connectivity index (χ0v) is 15.7. The Morgan fingerprint density at radius 1 is 1.15 bits per heavy atom. The van der Waals surface area contributed by atoms with Crippen molar-refractivity contribution >= 4 is 23.5 Å². The number of rotatable bonds is 5. The van der Waals surface area contributed by atoms with E-state index in [1.54, 1.807) is 24.3 Å². The van der Waals surface area contributed by atoms with Crippen LogP contribution in [-0.2, 0) is 16.1 Å². The number of urea groups is 1. The van der Waals surface area contributed by atoms with Crippen LogP contribution in [0.1, 0.15) is 48.5 Å². The van der Waals surface area contributed by atoms with Crippen LogP contribution in [0.2, 0.25) is 0 Å². The molecule has 27 heavy (non-hydrogen) atoms. The van der Waals surface area contributed by atoms with E-state index in [4.69, 9.17) is 4.42 Å². The quantitative estimate of drug-likeness (QED) is 0.790. The molecule has 1 aliphatic rings. The normalized spacial score (nSPS) is 15.1. The lowest BCUT2D eigenvalue weighted by Gasteiger charge is -2.15. The van der Waals surface area contributed by atoms with Crippen molar-refractivity contribution in [2.75, 3.05) is 5.32 Å². The molecule has 0 saturated carbocycles. The summed E-state index contributed by atoms with van der Waals surface area (Å²) in [6.07, 6.45) is 0.568. The molecule has 142 valence electrons. The summed E-state index contributed by atoms with van der Waals surface area (Å²) in [7, 11) is 0. The number of carbonyl (C=O) groups excluding carboxylic acids is 3. The SMILES string of the molecule is Cc1cc(C(C)NC(=O)Nc2ccc(CN3C(=O)CCC3=O)cc2)c(C)o1. The number of furan rings is 1. The topological polar surface area (TPSA) is 91.7 Å². The summed E-state index contributed by atoms with van der Waals surface area (Å²) < 4.78 is 5.49. The van der Waals surface area contributed by atoms with Gasteiger partial charge in [-0.25, -0.2) is 4.79 Å². The maximum absolute atomic E-state index is 12.2. The van der Waals surface area contributed by atoms with E-state index in [0.717, 1.165) is 22.6 Å². The Morgan fingerprint density at radius 3 is 2.33 bits per heavy atom. The third-order valence-electron chi connectivity index (χ3n) is 4.60. The van der Waals surface area contributed by atoms with E-state index in [1.165, 1.54) is 4.90 Å². The molecule has 0 bridgehead atoms. The van der Waals surface area contributed by atoms with Crippen LogP contribution >= 0.6 is 0 Å². The summed E-state index contributed by atoms with van der Waals surface area (Å²) in [5.41, 5.74) is 2.41. The Kier molecular flexibility index (Phi) is 5.30. The minimum absolute atomic E-state index is 0.139. The number of imide groups is 1. The lowest BCUT2D eigenvalue weighted by atomic mass is 10.1. The first-order valence-corrected chi connectivity index (χ1v) is 8.90. The van der Waals surface area contributed by atoms with Gasteiger partial charge in [0.2, 0.25) is 11.8 Å². The fourth-order valence-electron chi connectivity index (χ4n) is 3.20. The number of anilines is 1. The van der Waals surface area contributed by atoms with Gasteiger partial charge in [0, 0.05) is 24.1 Å². The molecular weight excluding hydrogens is 346 g/mol. The Labute approximate surface area is 157 Å². The minimum atomic E-state index is -0.321. The average molecular weight is 369 g/mol. The molecule has 1 unspecified atom stereocenters. The van der Waals surface area contributed by atoms with Gasteiger partial charge < -0.3 is 15.1 Å². The number of carbonyl (C=O) groups is 3. The smallest absolute Gasteiger partial charge is 0.319 e. The van der Waals surface area contributed by atoms with Gasteiger partial charge in [-0.1, -0.05) is 12.1 Å². The van der Waals surface area contributed by atoms with Crippen molar-refractivity contribution in [1.82, 2.24) is 10.2 Å². The molecule has 0 radical (unpaired) electrons. The molecule has 0 aliphatic carbocycles. The predicted molar refractivity (Wildman–Crippen MR) is 100.0 cm³/mol. The molecule has 2 aromatic rings. The second-order valence-corrected chi connectivity index (χ2v) is 6.76. The van der Waals surface area contributed by atoms with E-state index in [2.05, 4.69) is 10.6 Å². The van der Waals surface area contributed by atoms with E-state index in [-0.39, 0.29) is 43.3 Å². The van der Waals surface area contributed by atoms with E-state index in [9.17, 15) is 14.4 Å². The number of likely N-dealkylation sites (tertiary alicyclic amines) is 1. The Bertz CT molecular complexity index is 854. The van der Waals surface area contributed by atoms with Gasteiger partial charge in [0.1, 0.15) is 11.5 Å². The molecule has 1 aromatic heterocycles. The third-order valence-corrected chi connectivity index (χ3v) is 4.60. The van der Waals surface area contributed by atoms with E-state index in [1.807, 2.05) is 26.8 Å². The summed E-state index contributed by atoms with van der Waals surface area (Å²) in [6.45, 7) is 5.89. The molecule has 3 rings (SSSR count). The van der Waals surface area contributed by atoms with E-state index >= 15 is 0 Å². The zero-order chi connectivity index (χ0) is 19.6. The highest BCUT2D eigenvalue weighted by Gasteiger charge is 2.28. The molecule has 2 N–H and O–H groups in total. The van der Waals surface area contributed by atoms with Crippen LogP contribution in [0.3, 0.4) is 0 Å². The summed E-state index contributed by atoms with van der Waals surface area (Å²) in [5, 5.41) is 5.66. The maximum Gasteiger partial charge on any atom is 0.319 e. The number of aryl methyl sites for hydroxylation is 2. The molecule has 2 heterocycles. The highest BCUT2D eigenvalue weighted by molar-refractivity contribution is 6.01. The predicted octanol–water partition coefficient (Wildman–Crippen LogP) is 3.43. The standard InChI is InChI=1S/C20H23N3O4/c1-12-10-17(14(3)27-12)13(2)21-20(26)22-16-6-4-15(5-7-16)11-23-18(24)8-9-19(23)25/h4-7,10,13H,8-9,11H2,1-3H3,(H2,21,22,26). The highest BCUT2D eigenvalue weighted by atomic mass is 16.3. The minimum Gasteiger partial charge on any atom is -0.466 e. The first-order valence-electron chi connectivity index (χ1n) is 8.90. The van der Waals surface area contributed by atoms with E-state index < -0.39 is 0 Å². The summed E-state index contributed by atoms with van der Waals surface area (Å²) in [5.74, 6) is 1.32. The van der Waals surface area contributed by atoms with Crippen LogP contribution in [0.5, 0.6) is 0 Å². The zero-order valence-electron chi connectivity index (χ0n) is 15.7. The van der Waals surface area contributed by atoms with Crippen molar-refractivity contribution in [2.45, 2.75) is 46.2 Å². The van der Waals surface area contributed by atoms with Gasteiger partial charge in [-0.2, -0.15) is 0 Å². The fraction of sp³-hybridized carbons (Fsp3) is 0.350. The van der Waals surface area contributed by atoms with Gasteiger partial charge >= 0.3 is 6.03 Å². The number of hydrogen-bond donors (Lipinski definition) is 2. The molecule has 1 atom stereocenters. The Balaban J connectivity index is 1.56. The number of benzene rings is 1. The van der Waals surface area contributed by atoms with E-state index in [0.29, 0.717) is 5.69 Å². The van der Waals surface area contributed by atoms with Crippen molar-refractivity contribution in [1.29, 1.82) is 0 Å². The summed E-state index contributed by atoms with van der Waals surface area (Å²) in [6, 6.07) is 8.49.